The first-order valence-corrected chi connectivity index (χ1v) is 4.39. The van der Waals surface area contributed by atoms with Gasteiger partial charge in [-0.05, 0) is 13.0 Å². The first kappa shape index (κ1) is 7.76. The second kappa shape index (κ2) is 3.74. The highest BCUT2D eigenvalue weighted by Gasteiger charge is 1.90. The summed E-state index contributed by atoms with van der Waals surface area (Å²) in [5, 5.41) is 3.10. The zero-order valence-electron chi connectivity index (χ0n) is 5.67. The van der Waals surface area contributed by atoms with E-state index in [-0.39, 0.29) is 0 Å². The molecule has 1 aromatic rings. The van der Waals surface area contributed by atoms with Crippen LogP contribution in [0.5, 0.6) is 0 Å². The van der Waals surface area contributed by atoms with E-state index in [2.05, 4.69) is 4.98 Å². The van der Waals surface area contributed by atoms with E-state index in [1.807, 2.05) is 24.5 Å². The molecule has 0 radical (unpaired) electrons. The summed E-state index contributed by atoms with van der Waals surface area (Å²) in [7, 11) is 0. The van der Waals surface area contributed by atoms with Gasteiger partial charge in [0.15, 0.2) is 0 Å². The molecular formula is C7H8ClNS. The monoisotopic (exact) mass is 173 g/mol. The van der Waals surface area contributed by atoms with Crippen LogP contribution in [0.4, 0.5) is 0 Å². The van der Waals surface area contributed by atoms with E-state index in [9.17, 15) is 0 Å². The Bertz CT molecular complexity index is 229. The lowest BCUT2D eigenvalue weighted by atomic mass is 10.4. The van der Waals surface area contributed by atoms with Crippen LogP contribution in [0.15, 0.2) is 11.5 Å². The maximum Gasteiger partial charge on any atom is 0.0901 e. The minimum Gasteiger partial charge on any atom is -0.242 e. The molecule has 54 valence electrons. The lowest BCUT2D eigenvalue weighted by Gasteiger charge is -1.78. The molecule has 0 aliphatic heterocycles. The lowest BCUT2D eigenvalue weighted by Crippen LogP contribution is -1.70. The van der Waals surface area contributed by atoms with E-state index in [0.29, 0.717) is 5.88 Å². The predicted octanol–water partition coefficient (Wildman–Crippen LogP) is 2.70. The third kappa shape index (κ3) is 2.12. The van der Waals surface area contributed by atoms with Gasteiger partial charge in [0, 0.05) is 11.3 Å². The number of rotatable bonds is 2. The van der Waals surface area contributed by atoms with Crippen molar-refractivity contribution in [2.45, 2.75) is 6.92 Å². The number of nitrogens with zero attached hydrogens (tertiary/aromatic N) is 1. The Morgan fingerprint density at radius 1 is 1.80 bits per heavy atom. The molecule has 0 aliphatic rings. The molecule has 1 nitrogen and oxygen atoms in total. The summed E-state index contributed by atoms with van der Waals surface area (Å²) in [5.41, 5.74) is 1.00. The summed E-state index contributed by atoms with van der Waals surface area (Å²) >= 11 is 7.10. The number of allylic oxidation sites excluding steroid dienone is 1. The van der Waals surface area contributed by atoms with E-state index < -0.39 is 0 Å². The van der Waals surface area contributed by atoms with Crippen molar-refractivity contribution in [2.75, 3.05) is 5.88 Å². The van der Waals surface area contributed by atoms with Gasteiger partial charge >= 0.3 is 0 Å². The first-order valence-electron chi connectivity index (χ1n) is 2.97. The van der Waals surface area contributed by atoms with Crippen molar-refractivity contribution in [3.8, 4) is 0 Å². The fourth-order valence-electron chi connectivity index (χ4n) is 0.622. The van der Waals surface area contributed by atoms with Crippen molar-refractivity contribution in [2.24, 2.45) is 0 Å². The molecule has 1 aromatic heterocycles. The molecular weight excluding hydrogens is 166 g/mol. The summed E-state index contributed by atoms with van der Waals surface area (Å²) in [6.07, 6.45) is 3.81. The number of hydrogen-bond donors (Lipinski definition) is 0. The molecule has 0 aliphatic carbocycles. The maximum absolute atomic E-state index is 5.45. The molecule has 0 N–H and O–H groups in total. The minimum absolute atomic E-state index is 0.552. The van der Waals surface area contributed by atoms with Gasteiger partial charge in [0.1, 0.15) is 0 Å². The van der Waals surface area contributed by atoms with Gasteiger partial charge in [-0.15, -0.1) is 22.9 Å². The third-order valence-electron chi connectivity index (χ3n) is 1.01. The summed E-state index contributed by atoms with van der Waals surface area (Å²) < 4.78 is 0. The Kier molecular flexibility index (Phi) is 2.90. The number of thiazole rings is 1. The third-order valence-corrected chi connectivity index (χ3v) is 1.98. The number of aryl methyl sites for hydroxylation is 1. The van der Waals surface area contributed by atoms with Crippen LogP contribution in [0.25, 0.3) is 6.08 Å². The van der Waals surface area contributed by atoms with Crippen molar-refractivity contribution in [1.82, 2.24) is 4.98 Å². The van der Waals surface area contributed by atoms with Crippen LogP contribution in [0.3, 0.4) is 0 Å². The highest BCUT2D eigenvalue weighted by molar-refractivity contribution is 7.09. The van der Waals surface area contributed by atoms with E-state index in [0.717, 1.165) is 10.7 Å². The SMILES string of the molecule is Cc1nc(C=CCCl)cs1. The van der Waals surface area contributed by atoms with E-state index >= 15 is 0 Å². The van der Waals surface area contributed by atoms with Gasteiger partial charge in [0.05, 0.1) is 10.7 Å². The van der Waals surface area contributed by atoms with Crippen LogP contribution in [0, 0.1) is 6.92 Å². The Morgan fingerprint density at radius 2 is 2.60 bits per heavy atom. The summed E-state index contributed by atoms with van der Waals surface area (Å²) in [5.74, 6) is 0.552. The minimum atomic E-state index is 0.552. The normalized spacial score (nSPS) is 11.0. The highest BCUT2D eigenvalue weighted by Crippen LogP contribution is 2.08. The molecule has 0 bridgehead atoms. The van der Waals surface area contributed by atoms with Crippen LogP contribution >= 0.6 is 22.9 Å². The van der Waals surface area contributed by atoms with Gasteiger partial charge in [-0.1, -0.05) is 6.08 Å². The quantitative estimate of drug-likeness (QED) is 0.627. The van der Waals surface area contributed by atoms with Gasteiger partial charge in [-0.2, -0.15) is 0 Å². The summed E-state index contributed by atoms with van der Waals surface area (Å²) in [6.45, 7) is 1.99. The van der Waals surface area contributed by atoms with Gasteiger partial charge in [0.2, 0.25) is 0 Å². The Balaban J connectivity index is 2.67. The average Bonchev–Trinajstić information content (AvgIpc) is 2.31. The fraction of sp³-hybridized carbons (Fsp3) is 0.286. The van der Waals surface area contributed by atoms with Crippen LogP contribution in [0.1, 0.15) is 10.7 Å². The highest BCUT2D eigenvalue weighted by atomic mass is 35.5. The molecule has 1 rings (SSSR count). The second-order valence-electron chi connectivity index (χ2n) is 1.85. The summed E-state index contributed by atoms with van der Waals surface area (Å²) in [4.78, 5) is 4.22. The molecule has 0 aromatic carbocycles. The molecule has 0 fully saturated rings. The fourth-order valence-corrected chi connectivity index (χ4v) is 1.29. The first-order chi connectivity index (χ1) is 4.83. The van der Waals surface area contributed by atoms with Gasteiger partial charge in [-0.3, -0.25) is 0 Å². The van der Waals surface area contributed by atoms with Crippen LogP contribution in [-0.2, 0) is 0 Å². The van der Waals surface area contributed by atoms with E-state index in [4.69, 9.17) is 11.6 Å². The zero-order valence-corrected chi connectivity index (χ0v) is 7.25. The maximum atomic E-state index is 5.45. The summed E-state index contributed by atoms with van der Waals surface area (Å²) in [6, 6.07) is 0. The van der Waals surface area contributed by atoms with Crippen molar-refractivity contribution >= 4 is 29.0 Å². The topological polar surface area (TPSA) is 12.9 Å². The largest absolute Gasteiger partial charge is 0.242 e. The van der Waals surface area contributed by atoms with Gasteiger partial charge in [0.25, 0.3) is 0 Å². The number of halogens is 1. The van der Waals surface area contributed by atoms with Crippen LogP contribution in [-0.4, -0.2) is 10.9 Å². The zero-order chi connectivity index (χ0) is 7.40. The Morgan fingerprint density at radius 3 is 3.10 bits per heavy atom. The van der Waals surface area contributed by atoms with Crippen molar-refractivity contribution in [1.29, 1.82) is 0 Å². The van der Waals surface area contributed by atoms with E-state index in [1.165, 1.54) is 0 Å². The molecule has 0 saturated heterocycles. The van der Waals surface area contributed by atoms with Crippen molar-refractivity contribution < 1.29 is 0 Å². The molecule has 0 unspecified atom stereocenters. The standard InChI is InChI=1S/C7H8ClNS/c1-6-9-7(5-10-6)3-2-4-8/h2-3,5H,4H2,1H3. The molecule has 3 heteroatoms. The molecule has 0 saturated carbocycles. The number of alkyl halides is 1. The average molecular weight is 174 g/mol. The number of aromatic nitrogens is 1. The predicted molar refractivity (Wildman–Crippen MR) is 46.6 cm³/mol. The molecule has 0 spiro atoms. The van der Waals surface area contributed by atoms with Crippen molar-refractivity contribution in [3.05, 3.63) is 22.2 Å². The molecule has 1 heterocycles. The van der Waals surface area contributed by atoms with Gasteiger partial charge in [-0.25, -0.2) is 4.98 Å². The van der Waals surface area contributed by atoms with Crippen molar-refractivity contribution in [3.63, 3.8) is 0 Å². The molecule has 10 heavy (non-hydrogen) atoms. The lowest BCUT2D eigenvalue weighted by molar-refractivity contribution is 1.27. The van der Waals surface area contributed by atoms with Crippen LogP contribution in [0.2, 0.25) is 0 Å². The Labute approximate surface area is 69.4 Å². The van der Waals surface area contributed by atoms with Gasteiger partial charge < -0.3 is 0 Å². The Hall–Kier alpha value is -0.340. The second-order valence-corrected chi connectivity index (χ2v) is 3.22. The number of hydrogen-bond acceptors (Lipinski definition) is 2. The van der Waals surface area contributed by atoms with Crippen LogP contribution < -0.4 is 0 Å². The molecule has 0 amide bonds. The smallest absolute Gasteiger partial charge is 0.0901 e. The molecule has 0 atom stereocenters. The van der Waals surface area contributed by atoms with E-state index in [1.54, 1.807) is 11.3 Å².